The van der Waals surface area contributed by atoms with Crippen LogP contribution in [0.15, 0.2) is 35.3 Å². The number of nitrogens with one attached hydrogen (secondary N) is 1. The molecule has 7 rings (SSSR count). The molecule has 4 fully saturated rings. The minimum Gasteiger partial charge on any atom is -0.309 e. The molecule has 1 N–H and O–H groups in total. The van der Waals surface area contributed by atoms with E-state index < -0.39 is 5.41 Å². The maximum Gasteiger partial charge on any atom is 0.231 e. The van der Waals surface area contributed by atoms with Gasteiger partial charge in [0.1, 0.15) is 12.1 Å². The Kier molecular flexibility index (Phi) is 5.15. The van der Waals surface area contributed by atoms with Crippen LogP contribution in [-0.4, -0.2) is 30.5 Å². The highest BCUT2D eigenvalue weighted by Gasteiger charge is 2.61. The van der Waals surface area contributed by atoms with Gasteiger partial charge < -0.3 is 5.32 Å². The summed E-state index contributed by atoms with van der Waals surface area (Å²) in [5.74, 6) is 1.17. The molecule has 4 saturated carbocycles. The Morgan fingerprint density at radius 3 is 2.71 bits per heavy atom. The fraction of sp³-hybridized carbons (Fsp3) is 0.500. The van der Waals surface area contributed by atoms with Crippen molar-refractivity contribution in [2.45, 2.75) is 57.5 Å². The molecule has 0 spiro atoms. The average molecular weight is 548 g/mol. The van der Waals surface area contributed by atoms with Gasteiger partial charge in [-0.1, -0.05) is 17.7 Å². The zero-order chi connectivity index (χ0) is 23.7. The lowest BCUT2D eigenvalue weighted by molar-refractivity contribution is -0.150. The molecule has 2 unspecified atom stereocenters. The van der Waals surface area contributed by atoms with Gasteiger partial charge in [-0.15, -0.1) is 5.10 Å². The zero-order valence-electron chi connectivity index (χ0n) is 18.8. The second kappa shape index (κ2) is 7.88. The summed E-state index contributed by atoms with van der Waals surface area (Å²) in [6.07, 6.45) is 7.64. The first-order valence-corrected chi connectivity index (χ1v) is 12.8. The smallest absolute Gasteiger partial charge is 0.231 e. The van der Waals surface area contributed by atoms with Gasteiger partial charge in [0.05, 0.1) is 17.5 Å². The molecule has 4 aliphatic carbocycles. The van der Waals surface area contributed by atoms with Crippen molar-refractivity contribution < 1.29 is 9.18 Å². The van der Waals surface area contributed by atoms with E-state index in [4.69, 9.17) is 11.6 Å². The Hall–Kier alpha value is -2.26. The fourth-order valence-electron chi connectivity index (χ4n) is 7.03. The number of amides is 1. The fourth-order valence-corrected chi connectivity index (χ4v) is 7.52. The first-order chi connectivity index (χ1) is 16.3. The summed E-state index contributed by atoms with van der Waals surface area (Å²) >= 11 is 9.57. The number of hydrogen-bond donors (Lipinski definition) is 1. The van der Waals surface area contributed by atoms with E-state index in [0.29, 0.717) is 33.0 Å². The molecule has 4 aliphatic rings. The van der Waals surface area contributed by atoms with Crippen LogP contribution in [0.5, 0.6) is 0 Å². The topological polar surface area (TPSA) is 77.6 Å². The number of carbonyl (C=O) groups excluding carboxylic acids is 1. The largest absolute Gasteiger partial charge is 0.309 e. The lowest BCUT2D eigenvalue weighted by Gasteiger charge is -2.60. The van der Waals surface area contributed by atoms with Gasteiger partial charge in [0.15, 0.2) is 5.82 Å². The Balaban J connectivity index is 1.25. The van der Waals surface area contributed by atoms with Crippen LogP contribution >= 0.6 is 27.5 Å². The standard InChI is InChI=1S/C24H25BrClFN6O/c1-14-5-20(30-32(14)11-17-18(26)3-2-4-19(17)27)29-21(34)23-7-15-6-16(8-23)10-24(9-15,12-23)33-13-28-22(25)31-33/h2-5,13,15-16H,6-12H2,1H3,(H,29,30,34). The molecule has 10 heteroatoms. The summed E-state index contributed by atoms with van der Waals surface area (Å²) in [5, 5.41) is 12.6. The molecular formula is C24H25BrClFN6O. The molecule has 3 aromatic rings. The third-order valence-corrected chi connectivity index (χ3v) is 8.77. The number of hydrogen-bond acceptors (Lipinski definition) is 4. The molecule has 7 nitrogen and oxygen atoms in total. The molecule has 1 amide bonds. The van der Waals surface area contributed by atoms with Gasteiger partial charge in [-0.2, -0.15) is 5.10 Å². The molecule has 2 aromatic heterocycles. The number of benzene rings is 1. The quantitative estimate of drug-likeness (QED) is 0.469. The predicted octanol–water partition coefficient (Wildman–Crippen LogP) is 5.32. The van der Waals surface area contributed by atoms with Gasteiger partial charge >= 0.3 is 0 Å². The lowest BCUT2D eigenvalue weighted by atomic mass is 9.46. The Bertz CT molecular complexity index is 1250. The summed E-state index contributed by atoms with van der Waals surface area (Å²) in [4.78, 5) is 18.0. The van der Waals surface area contributed by atoms with E-state index in [1.165, 1.54) is 12.5 Å². The number of aromatic nitrogens is 5. The van der Waals surface area contributed by atoms with Crippen molar-refractivity contribution in [3.63, 3.8) is 0 Å². The summed E-state index contributed by atoms with van der Waals surface area (Å²) < 4.78 is 18.5. The summed E-state index contributed by atoms with van der Waals surface area (Å²) in [6, 6.07) is 6.47. The van der Waals surface area contributed by atoms with E-state index in [-0.39, 0.29) is 23.8 Å². The molecule has 178 valence electrons. The van der Waals surface area contributed by atoms with E-state index in [0.717, 1.165) is 37.8 Å². The third-order valence-electron chi connectivity index (χ3n) is 8.05. The lowest BCUT2D eigenvalue weighted by Crippen LogP contribution is -2.60. The van der Waals surface area contributed by atoms with Crippen LogP contribution in [0.4, 0.5) is 10.2 Å². The van der Waals surface area contributed by atoms with Gasteiger partial charge in [-0.05, 0) is 85.3 Å². The highest BCUT2D eigenvalue weighted by molar-refractivity contribution is 9.10. The van der Waals surface area contributed by atoms with Gasteiger partial charge in [0, 0.05) is 22.3 Å². The van der Waals surface area contributed by atoms with Crippen LogP contribution in [0.3, 0.4) is 0 Å². The van der Waals surface area contributed by atoms with Crippen LogP contribution in [-0.2, 0) is 16.9 Å². The van der Waals surface area contributed by atoms with Crippen molar-refractivity contribution in [1.29, 1.82) is 0 Å². The second-order valence-electron chi connectivity index (χ2n) is 10.4. The van der Waals surface area contributed by atoms with E-state index >= 15 is 0 Å². The van der Waals surface area contributed by atoms with Crippen molar-refractivity contribution in [2.75, 3.05) is 5.32 Å². The Morgan fingerprint density at radius 2 is 2.03 bits per heavy atom. The normalized spacial score (nSPS) is 29.5. The first-order valence-electron chi connectivity index (χ1n) is 11.6. The van der Waals surface area contributed by atoms with Crippen LogP contribution in [0.1, 0.15) is 49.8 Å². The van der Waals surface area contributed by atoms with Gasteiger partial charge in [-0.25, -0.2) is 14.1 Å². The highest BCUT2D eigenvalue weighted by atomic mass is 79.9. The van der Waals surface area contributed by atoms with Crippen molar-refractivity contribution >= 4 is 39.3 Å². The third kappa shape index (κ3) is 3.59. The molecule has 4 bridgehead atoms. The maximum atomic E-state index is 14.3. The number of rotatable bonds is 5. The molecule has 1 aromatic carbocycles. The minimum absolute atomic E-state index is 0.0266. The summed E-state index contributed by atoms with van der Waals surface area (Å²) in [5.41, 5.74) is 0.617. The predicted molar refractivity (Wildman–Crippen MR) is 129 cm³/mol. The molecule has 0 aliphatic heterocycles. The number of halogens is 3. The van der Waals surface area contributed by atoms with Crippen molar-refractivity contribution in [3.05, 3.63) is 57.4 Å². The van der Waals surface area contributed by atoms with Crippen LogP contribution in [0.25, 0.3) is 0 Å². The monoisotopic (exact) mass is 546 g/mol. The Labute approximate surface area is 210 Å². The maximum absolute atomic E-state index is 14.3. The van der Waals surface area contributed by atoms with E-state index in [2.05, 4.69) is 36.4 Å². The van der Waals surface area contributed by atoms with E-state index in [1.807, 2.05) is 17.7 Å². The van der Waals surface area contributed by atoms with Crippen LogP contribution in [0, 0.1) is 30.0 Å². The van der Waals surface area contributed by atoms with E-state index in [1.54, 1.807) is 23.1 Å². The van der Waals surface area contributed by atoms with Gasteiger partial charge in [-0.3, -0.25) is 9.48 Å². The second-order valence-corrected chi connectivity index (χ2v) is 11.5. The molecular weight excluding hydrogens is 523 g/mol. The summed E-state index contributed by atoms with van der Waals surface area (Å²) in [7, 11) is 0. The van der Waals surface area contributed by atoms with Crippen LogP contribution < -0.4 is 5.32 Å². The van der Waals surface area contributed by atoms with Crippen LogP contribution in [0.2, 0.25) is 5.02 Å². The molecule has 34 heavy (non-hydrogen) atoms. The van der Waals surface area contributed by atoms with Gasteiger partial charge in [0.2, 0.25) is 10.6 Å². The van der Waals surface area contributed by atoms with E-state index in [9.17, 15) is 9.18 Å². The number of carbonyl (C=O) groups is 1. The number of aryl methyl sites for hydroxylation is 1. The molecule has 2 atom stereocenters. The molecule has 2 heterocycles. The molecule has 0 radical (unpaired) electrons. The highest BCUT2D eigenvalue weighted by Crippen LogP contribution is 2.64. The number of anilines is 1. The zero-order valence-corrected chi connectivity index (χ0v) is 21.1. The number of nitrogens with zero attached hydrogens (tertiary/aromatic N) is 5. The summed E-state index contributed by atoms with van der Waals surface area (Å²) in [6.45, 7) is 2.09. The molecule has 0 saturated heterocycles. The Morgan fingerprint density at radius 1 is 1.26 bits per heavy atom. The van der Waals surface area contributed by atoms with Crippen molar-refractivity contribution in [3.8, 4) is 0 Å². The SMILES string of the molecule is Cc1cc(NC(=O)C23CC4CC(C2)CC(n2cnc(Br)n2)(C4)C3)nn1Cc1c(F)cccc1Cl. The van der Waals surface area contributed by atoms with Crippen molar-refractivity contribution in [1.82, 2.24) is 24.5 Å². The minimum atomic E-state index is -0.435. The van der Waals surface area contributed by atoms with Gasteiger partial charge in [0.25, 0.3) is 0 Å². The van der Waals surface area contributed by atoms with Crippen molar-refractivity contribution in [2.24, 2.45) is 17.3 Å². The average Bonchev–Trinajstić information content (AvgIpc) is 3.35. The first kappa shape index (κ1) is 22.2.